The van der Waals surface area contributed by atoms with Crippen LogP contribution in [0.25, 0.3) is 0 Å². The van der Waals surface area contributed by atoms with E-state index in [-0.39, 0.29) is 24.8 Å². The Labute approximate surface area is 194 Å². The van der Waals surface area contributed by atoms with Gasteiger partial charge in [-0.3, -0.25) is 0 Å². The van der Waals surface area contributed by atoms with Gasteiger partial charge in [-0.05, 0) is 0 Å². The van der Waals surface area contributed by atoms with Crippen LogP contribution in [0.15, 0.2) is 77.9 Å². The van der Waals surface area contributed by atoms with Gasteiger partial charge in [-0.2, -0.15) is 0 Å². The molecule has 0 heterocycles. The quantitative estimate of drug-likeness (QED) is 0.360. The number of benzene rings is 1. The van der Waals surface area contributed by atoms with Gasteiger partial charge >= 0.3 is 171 Å². The molecular weight excluding hydrogens is 535 g/mol. The Bertz CT molecular complexity index is 891. The standard InChI is InChI=1S/2C9H11.C6H5.CH3.2ClH.GeH2.Zr/c2*1-2-5-9-7-3-6-8(9)4-1;1-2-4-6-5-3-1;;;;;/h2*1-2,4,6,9H,3,5,7H2;1-5H;1H3;2*1H;1H2;. The van der Waals surface area contributed by atoms with Crippen molar-refractivity contribution in [2.45, 2.75) is 50.4 Å². The van der Waals surface area contributed by atoms with E-state index < -0.39 is 15.7 Å². The number of hydrogen-bond acceptors (Lipinski definition) is 0. The van der Waals surface area contributed by atoms with E-state index in [0.717, 1.165) is 19.1 Å². The summed E-state index contributed by atoms with van der Waals surface area (Å²) in [5.41, 5.74) is 3.72. The summed E-state index contributed by atoms with van der Waals surface area (Å²) in [6.45, 7) is 0. The van der Waals surface area contributed by atoms with Gasteiger partial charge < -0.3 is 0 Å². The minimum absolute atomic E-state index is 0. The molecule has 0 N–H and O–H groups in total. The van der Waals surface area contributed by atoms with E-state index in [0.29, 0.717) is 0 Å². The molecule has 4 aliphatic carbocycles. The van der Waals surface area contributed by atoms with Gasteiger partial charge in [0.15, 0.2) is 0 Å². The third-order valence-corrected chi connectivity index (χ3v) is 43.4. The molecule has 0 aliphatic heterocycles. The third-order valence-electron chi connectivity index (χ3n) is 8.59. The van der Waals surface area contributed by atoms with Crippen LogP contribution in [-0.4, -0.2) is 12.1 Å². The fraction of sp³-hybridized carbons (Fsp3) is 0.440. The normalized spacial score (nSPS) is 30.4. The molecule has 29 heavy (non-hydrogen) atoms. The molecule has 4 aliphatic rings. The molecule has 4 unspecified atom stereocenters. The molecule has 0 spiro atoms. The molecule has 0 aromatic heterocycles. The van der Waals surface area contributed by atoms with Gasteiger partial charge in [0, 0.05) is 0 Å². The summed E-state index contributed by atoms with van der Waals surface area (Å²) >= 11 is -1.68. The summed E-state index contributed by atoms with van der Waals surface area (Å²) in [4.78, 5) is 0. The predicted octanol–water partition coefficient (Wildman–Crippen LogP) is 6.61. The van der Waals surface area contributed by atoms with Crippen molar-refractivity contribution in [3.63, 3.8) is 0 Å². The van der Waals surface area contributed by atoms with Crippen molar-refractivity contribution in [2.75, 3.05) is 0 Å². The second-order valence-corrected chi connectivity index (χ2v) is 49.0. The SMILES string of the molecule is Cl.Cl.[CH3][Zr](=[GeH2])([c]1ccccc1)([CH]1CCC2CC=CC=C21)[CH]1CCC2CC=CC=C21. The van der Waals surface area contributed by atoms with Crippen molar-refractivity contribution in [3.05, 3.63) is 77.9 Å². The van der Waals surface area contributed by atoms with Crippen LogP contribution in [0.2, 0.25) is 11.9 Å². The molecule has 4 atom stereocenters. The Morgan fingerprint density at radius 2 is 1.24 bits per heavy atom. The Kier molecular flexibility index (Phi) is 7.38. The molecule has 4 heteroatoms. The van der Waals surface area contributed by atoms with Gasteiger partial charge in [-0.25, -0.2) is 0 Å². The van der Waals surface area contributed by atoms with Crippen molar-refractivity contribution < 1.29 is 15.7 Å². The van der Waals surface area contributed by atoms with E-state index >= 15 is 0 Å². The molecule has 0 radical (unpaired) electrons. The van der Waals surface area contributed by atoms with E-state index in [2.05, 4.69) is 71.4 Å². The van der Waals surface area contributed by atoms with Crippen LogP contribution in [0.3, 0.4) is 0 Å². The first-order valence-corrected chi connectivity index (χ1v) is 28.0. The fourth-order valence-electron chi connectivity index (χ4n) is 7.12. The van der Waals surface area contributed by atoms with E-state index in [9.17, 15) is 0 Å². The molecule has 2 saturated carbocycles. The van der Waals surface area contributed by atoms with Crippen LogP contribution in [0.4, 0.5) is 0 Å². The predicted molar refractivity (Wildman–Crippen MR) is 132 cm³/mol. The Morgan fingerprint density at radius 1 is 0.759 bits per heavy atom. The molecule has 0 bridgehead atoms. The molecule has 0 amide bonds. The van der Waals surface area contributed by atoms with Gasteiger partial charge in [0.05, 0.1) is 0 Å². The van der Waals surface area contributed by atoms with Crippen molar-refractivity contribution in [3.8, 4) is 0 Å². The van der Waals surface area contributed by atoms with Gasteiger partial charge in [0.1, 0.15) is 0 Å². The zero-order valence-electron chi connectivity index (χ0n) is 17.4. The Hall–Kier alpha value is 0.186. The first kappa shape index (κ1) is 23.8. The monoisotopic (exact) mass is 568 g/mol. The maximum atomic E-state index is 2.88. The van der Waals surface area contributed by atoms with Crippen molar-refractivity contribution in [1.29, 1.82) is 0 Å². The minimum atomic E-state index is -3.23. The average molecular weight is 569 g/mol. The van der Waals surface area contributed by atoms with Crippen LogP contribution in [0, 0.1) is 11.8 Å². The topological polar surface area (TPSA) is 0 Å². The molecule has 156 valence electrons. The number of rotatable bonds is 3. The zero-order valence-corrected chi connectivity index (χ0v) is 24.5. The van der Waals surface area contributed by atoms with Gasteiger partial charge in [-0.15, -0.1) is 24.8 Å². The van der Waals surface area contributed by atoms with Gasteiger partial charge in [0.2, 0.25) is 0 Å². The maximum absolute atomic E-state index is 3.23. The van der Waals surface area contributed by atoms with E-state index in [1.807, 2.05) is 11.1 Å². The summed E-state index contributed by atoms with van der Waals surface area (Å²) in [6.07, 6.45) is 23.0. The molecule has 1 aromatic rings. The molecular formula is C25H34Cl2GeZr. The summed E-state index contributed by atoms with van der Waals surface area (Å²) < 4.78 is 6.49. The number of hydrogen-bond donors (Lipinski definition) is 0. The average Bonchev–Trinajstić information content (AvgIpc) is 3.34. The summed E-state index contributed by atoms with van der Waals surface area (Å²) in [5.74, 6) is 1.70. The molecule has 1 aromatic carbocycles. The van der Waals surface area contributed by atoms with Gasteiger partial charge in [-0.1, -0.05) is 0 Å². The number of fused-ring (bicyclic) bond motifs is 2. The van der Waals surface area contributed by atoms with E-state index in [4.69, 9.17) is 0 Å². The fourth-order valence-corrected chi connectivity index (χ4v) is 37.9. The second-order valence-electron chi connectivity index (χ2n) is 9.90. The third kappa shape index (κ3) is 3.71. The van der Waals surface area contributed by atoms with Crippen LogP contribution in [0.5, 0.6) is 0 Å². The van der Waals surface area contributed by atoms with Crippen molar-refractivity contribution >= 4 is 40.2 Å². The van der Waals surface area contributed by atoms with Crippen LogP contribution >= 0.6 is 24.8 Å². The molecule has 0 saturated heterocycles. The summed E-state index contributed by atoms with van der Waals surface area (Å²) in [5, 5.41) is 0. The van der Waals surface area contributed by atoms with E-state index in [1.54, 1.807) is 15.4 Å². The molecule has 0 nitrogen and oxygen atoms in total. The Balaban J connectivity index is 0.00000120. The zero-order chi connectivity index (χ0) is 18.5. The first-order valence-electron chi connectivity index (χ1n) is 10.9. The molecule has 5 rings (SSSR count). The van der Waals surface area contributed by atoms with Crippen LogP contribution in [0.1, 0.15) is 38.5 Å². The Morgan fingerprint density at radius 3 is 1.72 bits per heavy atom. The number of halogens is 2. The van der Waals surface area contributed by atoms with Crippen molar-refractivity contribution in [1.82, 2.24) is 0 Å². The second kappa shape index (κ2) is 8.97. The molecule has 2 fully saturated rings. The summed E-state index contributed by atoms with van der Waals surface area (Å²) in [7, 11) is 0. The summed E-state index contributed by atoms with van der Waals surface area (Å²) in [6, 6.07) is 11.9. The van der Waals surface area contributed by atoms with Gasteiger partial charge in [0.25, 0.3) is 0 Å². The van der Waals surface area contributed by atoms with Crippen LogP contribution < -0.4 is 3.27 Å². The number of allylic oxidation sites excluding steroid dienone is 8. The van der Waals surface area contributed by atoms with Crippen LogP contribution in [-0.2, 0) is 15.7 Å². The van der Waals surface area contributed by atoms with E-state index in [1.165, 1.54) is 38.5 Å². The van der Waals surface area contributed by atoms with Crippen molar-refractivity contribution in [2.24, 2.45) is 11.8 Å². The first-order chi connectivity index (χ1) is 13.1.